The predicted octanol–water partition coefficient (Wildman–Crippen LogP) is 6.66. The van der Waals surface area contributed by atoms with Crippen molar-refractivity contribution in [3.63, 3.8) is 0 Å². The minimum atomic E-state index is -3.11. The molecule has 0 N–H and O–H groups in total. The largest absolute Gasteiger partial charge is 0.352 e. The minimum absolute atomic E-state index is 0.0920. The van der Waals surface area contributed by atoms with Crippen molar-refractivity contribution >= 4 is 0 Å². The van der Waals surface area contributed by atoms with Gasteiger partial charge in [-0.2, -0.15) is 0 Å². The maximum absolute atomic E-state index is 14.7. The van der Waals surface area contributed by atoms with Gasteiger partial charge in [0, 0.05) is 24.2 Å². The van der Waals surface area contributed by atoms with Crippen molar-refractivity contribution in [2.75, 3.05) is 13.2 Å². The van der Waals surface area contributed by atoms with E-state index in [0.717, 1.165) is 6.42 Å². The number of halogens is 5. The molecule has 0 bridgehead atoms. The lowest BCUT2D eigenvalue weighted by Gasteiger charge is -2.39. The summed E-state index contributed by atoms with van der Waals surface area (Å²) in [5.74, 6) is -8.01. The Morgan fingerprint density at radius 1 is 0.933 bits per heavy atom. The molecular weight excluding hydrogens is 403 g/mol. The first-order valence-corrected chi connectivity index (χ1v) is 11.0. The van der Waals surface area contributed by atoms with Gasteiger partial charge in [0.15, 0.2) is 23.7 Å². The van der Waals surface area contributed by atoms with Crippen LogP contribution in [0.25, 0.3) is 0 Å². The molecule has 0 amide bonds. The Kier molecular flexibility index (Phi) is 8.13. The highest BCUT2D eigenvalue weighted by atomic mass is 19.3. The second-order valence-corrected chi connectivity index (χ2v) is 8.82. The maximum atomic E-state index is 14.7. The summed E-state index contributed by atoms with van der Waals surface area (Å²) in [6.07, 6.45) is 5.24. The first-order valence-electron chi connectivity index (χ1n) is 11.0. The molecule has 1 aliphatic heterocycles. The van der Waals surface area contributed by atoms with Gasteiger partial charge in [0.25, 0.3) is 5.92 Å². The van der Waals surface area contributed by atoms with Gasteiger partial charge in [-0.05, 0) is 49.8 Å². The van der Waals surface area contributed by atoms with Crippen molar-refractivity contribution in [3.8, 4) is 0 Å². The van der Waals surface area contributed by atoms with Crippen LogP contribution in [-0.2, 0) is 15.9 Å². The van der Waals surface area contributed by atoms with E-state index in [9.17, 15) is 22.0 Å². The number of hydrogen-bond donors (Lipinski definition) is 0. The minimum Gasteiger partial charge on any atom is -0.352 e. The van der Waals surface area contributed by atoms with Crippen molar-refractivity contribution in [1.29, 1.82) is 0 Å². The van der Waals surface area contributed by atoms with E-state index in [2.05, 4.69) is 6.92 Å². The third kappa shape index (κ3) is 5.94. The molecule has 0 spiro atoms. The highest BCUT2D eigenvalue weighted by molar-refractivity contribution is 5.21. The van der Waals surface area contributed by atoms with Gasteiger partial charge in [-0.25, -0.2) is 22.0 Å². The van der Waals surface area contributed by atoms with Gasteiger partial charge in [0.1, 0.15) is 0 Å². The molecular formula is C23H31F5O2. The van der Waals surface area contributed by atoms with E-state index in [-0.39, 0.29) is 17.8 Å². The fraction of sp³-hybridized carbons (Fsp3) is 0.739. The van der Waals surface area contributed by atoms with Gasteiger partial charge in [-0.3, -0.25) is 0 Å². The quantitative estimate of drug-likeness (QED) is 0.259. The van der Waals surface area contributed by atoms with Gasteiger partial charge in [0.05, 0.1) is 13.2 Å². The number of ether oxygens (including phenoxy) is 2. The van der Waals surface area contributed by atoms with Gasteiger partial charge in [-0.1, -0.05) is 26.2 Å². The number of hydrogen-bond acceptors (Lipinski definition) is 2. The molecule has 1 aromatic carbocycles. The highest BCUT2D eigenvalue weighted by Crippen LogP contribution is 2.42. The molecule has 2 nitrogen and oxygen atoms in total. The molecule has 170 valence electrons. The van der Waals surface area contributed by atoms with Crippen molar-refractivity contribution in [2.45, 2.75) is 76.9 Å². The van der Waals surface area contributed by atoms with Crippen LogP contribution in [0.5, 0.6) is 0 Å². The van der Waals surface area contributed by atoms with E-state index in [0.29, 0.717) is 56.9 Å². The molecule has 30 heavy (non-hydrogen) atoms. The lowest BCUT2D eigenvalue weighted by atomic mass is 9.77. The molecule has 1 saturated carbocycles. The fourth-order valence-corrected chi connectivity index (χ4v) is 4.62. The van der Waals surface area contributed by atoms with Crippen LogP contribution >= 0.6 is 0 Å². The maximum Gasteiger partial charge on any atom is 0.254 e. The standard InChI is InChI=1S/C23H31F5O2/c1-2-3-4-5-15-13-29-22(30-14-15)17-6-8-18(9-7-17)23(27,28)12-16-10-19(24)21(26)20(25)11-16/h10-11,15,17-18,22H,2-9,12-14H2,1H3. The smallest absolute Gasteiger partial charge is 0.254 e. The third-order valence-electron chi connectivity index (χ3n) is 6.45. The van der Waals surface area contributed by atoms with Crippen LogP contribution in [0, 0.1) is 35.2 Å². The summed E-state index contributed by atoms with van der Waals surface area (Å²) in [6.45, 7) is 3.48. The fourth-order valence-electron chi connectivity index (χ4n) is 4.62. The topological polar surface area (TPSA) is 18.5 Å². The van der Waals surface area contributed by atoms with E-state index < -0.39 is 35.7 Å². The van der Waals surface area contributed by atoms with Gasteiger partial charge in [0.2, 0.25) is 0 Å². The number of benzene rings is 1. The molecule has 0 unspecified atom stereocenters. The molecule has 1 aliphatic carbocycles. The van der Waals surface area contributed by atoms with Crippen LogP contribution in [-0.4, -0.2) is 25.4 Å². The van der Waals surface area contributed by atoms with Crippen molar-refractivity contribution in [2.24, 2.45) is 17.8 Å². The van der Waals surface area contributed by atoms with Crippen molar-refractivity contribution in [3.05, 3.63) is 35.1 Å². The molecule has 0 aromatic heterocycles. The first kappa shape index (κ1) is 23.5. The Labute approximate surface area is 175 Å². The molecule has 3 rings (SSSR count). The van der Waals surface area contributed by atoms with Crippen LogP contribution in [0.15, 0.2) is 12.1 Å². The van der Waals surface area contributed by atoms with E-state index in [1.807, 2.05) is 0 Å². The molecule has 0 atom stereocenters. The van der Waals surface area contributed by atoms with Gasteiger partial charge < -0.3 is 9.47 Å². The van der Waals surface area contributed by atoms with E-state index in [4.69, 9.17) is 9.47 Å². The van der Waals surface area contributed by atoms with Gasteiger partial charge in [-0.15, -0.1) is 0 Å². The number of alkyl halides is 2. The van der Waals surface area contributed by atoms with Crippen LogP contribution in [0.2, 0.25) is 0 Å². The molecule has 1 heterocycles. The second-order valence-electron chi connectivity index (χ2n) is 8.82. The first-order chi connectivity index (χ1) is 14.3. The Bertz CT molecular complexity index is 657. The van der Waals surface area contributed by atoms with E-state index >= 15 is 0 Å². The Morgan fingerprint density at radius 2 is 1.53 bits per heavy atom. The lowest BCUT2D eigenvalue weighted by Crippen LogP contribution is -2.41. The monoisotopic (exact) mass is 434 g/mol. The lowest BCUT2D eigenvalue weighted by molar-refractivity contribution is -0.232. The summed E-state index contributed by atoms with van der Waals surface area (Å²) in [5, 5.41) is 0. The zero-order chi connectivity index (χ0) is 21.7. The Hall–Kier alpha value is -1.21. The van der Waals surface area contributed by atoms with E-state index in [1.54, 1.807) is 0 Å². The van der Waals surface area contributed by atoms with Crippen molar-refractivity contribution in [1.82, 2.24) is 0 Å². The SMILES string of the molecule is CCCCCC1COC(C2CCC(C(F)(F)Cc3cc(F)c(F)c(F)c3)CC2)OC1. The average molecular weight is 434 g/mol. The third-order valence-corrected chi connectivity index (χ3v) is 6.45. The van der Waals surface area contributed by atoms with Crippen LogP contribution in [0.1, 0.15) is 63.9 Å². The predicted molar refractivity (Wildman–Crippen MR) is 104 cm³/mol. The highest BCUT2D eigenvalue weighted by Gasteiger charge is 2.43. The number of unbranched alkanes of at least 4 members (excludes halogenated alkanes) is 2. The van der Waals surface area contributed by atoms with E-state index in [1.165, 1.54) is 19.3 Å². The summed E-state index contributed by atoms with van der Waals surface area (Å²) in [4.78, 5) is 0. The van der Waals surface area contributed by atoms with Crippen LogP contribution in [0.3, 0.4) is 0 Å². The summed E-state index contributed by atoms with van der Waals surface area (Å²) in [7, 11) is 0. The van der Waals surface area contributed by atoms with Crippen LogP contribution in [0.4, 0.5) is 22.0 Å². The van der Waals surface area contributed by atoms with Gasteiger partial charge >= 0.3 is 0 Å². The molecule has 0 radical (unpaired) electrons. The summed E-state index contributed by atoms with van der Waals surface area (Å²) in [5.41, 5.74) is -0.230. The normalized spacial score (nSPS) is 27.9. The molecule has 2 fully saturated rings. The van der Waals surface area contributed by atoms with Crippen LogP contribution < -0.4 is 0 Å². The molecule has 1 saturated heterocycles. The number of rotatable bonds is 8. The summed E-state index contributed by atoms with van der Waals surface area (Å²) in [6, 6.07) is 1.30. The zero-order valence-corrected chi connectivity index (χ0v) is 17.4. The zero-order valence-electron chi connectivity index (χ0n) is 17.4. The Balaban J connectivity index is 1.47. The Morgan fingerprint density at radius 3 is 2.10 bits per heavy atom. The molecule has 1 aromatic rings. The summed E-state index contributed by atoms with van der Waals surface area (Å²) >= 11 is 0. The second kappa shape index (κ2) is 10.4. The van der Waals surface area contributed by atoms with Crippen molar-refractivity contribution < 1.29 is 31.4 Å². The molecule has 2 aliphatic rings. The molecule has 7 heteroatoms. The average Bonchev–Trinajstić information content (AvgIpc) is 2.72. The summed E-state index contributed by atoms with van der Waals surface area (Å²) < 4.78 is 81.0.